The van der Waals surface area contributed by atoms with Crippen molar-refractivity contribution in [3.63, 3.8) is 0 Å². The lowest BCUT2D eigenvalue weighted by molar-refractivity contribution is -0.190. The molecule has 3 N–H and O–H groups in total. The summed E-state index contributed by atoms with van der Waals surface area (Å²) in [4.78, 5) is 40.1. The number of aliphatic hydroxyl groups is 1. The molecule has 11 nitrogen and oxygen atoms in total. The first-order chi connectivity index (χ1) is 20.2. The van der Waals surface area contributed by atoms with Crippen LogP contribution < -0.4 is 5.32 Å². The van der Waals surface area contributed by atoms with E-state index < -0.39 is 64.8 Å². The molecule has 2 aromatic rings. The summed E-state index contributed by atoms with van der Waals surface area (Å²) in [6.07, 6.45) is 1.13. The van der Waals surface area contributed by atoms with Crippen molar-refractivity contribution in [1.82, 2.24) is 20.3 Å². The maximum atomic E-state index is 15.4. The van der Waals surface area contributed by atoms with E-state index in [9.17, 15) is 28.6 Å². The molecule has 0 unspecified atom stereocenters. The number of fused-ring (bicyclic) bond motifs is 1. The average Bonchev–Trinajstić information content (AvgIpc) is 3.69. The number of carbonyl (C=O) groups excluding carboxylic acids is 1. The second kappa shape index (κ2) is 11.7. The molecule has 0 spiro atoms. The molecule has 0 saturated carbocycles. The number of hydrogen-bond donors (Lipinski definition) is 3. The van der Waals surface area contributed by atoms with Crippen LogP contribution in [0, 0.1) is 11.6 Å². The normalized spacial score (nSPS) is 25.2. The fraction of sp³-hybridized carbons (Fsp3) is 0.462. The van der Waals surface area contributed by atoms with E-state index in [0.29, 0.717) is 5.01 Å². The van der Waals surface area contributed by atoms with Crippen molar-refractivity contribution in [1.29, 1.82) is 0 Å². The van der Waals surface area contributed by atoms with Gasteiger partial charge < -0.3 is 20.3 Å². The third-order valence-electron chi connectivity index (χ3n) is 7.57. The number of ether oxygens (including phenoxy) is 1. The van der Waals surface area contributed by atoms with E-state index in [1.165, 1.54) is 28.5 Å². The Morgan fingerprint density at radius 1 is 1.35 bits per heavy atom. The smallest absolute Gasteiger partial charge is 0.338 e. The quantitative estimate of drug-likeness (QED) is 0.212. The number of thiazole rings is 1. The highest BCUT2D eigenvalue weighted by Crippen LogP contribution is 2.42. The van der Waals surface area contributed by atoms with Crippen molar-refractivity contribution in [2.75, 3.05) is 33.4 Å². The number of amidine groups is 1. The van der Waals surface area contributed by atoms with Crippen molar-refractivity contribution in [3.05, 3.63) is 62.2 Å². The SMILES string of the molecule is COC(=O)C1=C(CN2CC(F)(F)[C@@H]3[C@H]2CON3CC[C@@](C)(O)C(=O)O)NC(c2nccs2)=N[C@H]1c1ccc(F)c(F)c1Cl. The molecule has 2 fully saturated rings. The zero-order chi connectivity index (χ0) is 31.3. The molecule has 4 heterocycles. The lowest BCUT2D eigenvalue weighted by atomic mass is 9.95. The number of methoxy groups -OCH3 is 1. The summed E-state index contributed by atoms with van der Waals surface area (Å²) in [5, 5.41) is 24.6. The van der Waals surface area contributed by atoms with Crippen LogP contribution in [0.1, 0.15) is 30.0 Å². The summed E-state index contributed by atoms with van der Waals surface area (Å²) < 4.78 is 64.3. The molecule has 43 heavy (non-hydrogen) atoms. The highest BCUT2D eigenvalue weighted by atomic mass is 35.5. The third-order valence-corrected chi connectivity index (χ3v) is 8.73. The van der Waals surface area contributed by atoms with Crippen LogP contribution in [0.4, 0.5) is 17.6 Å². The number of alkyl halides is 2. The van der Waals surface area contributed by atoms with Gasteiger partial charge in [0, 0.05) is 42.3 Å². The van der Waals surface area contributed by atoms with Crippen LogP contribution >= 0.6 is 22.9 Å². The summed E-state index contributed by atoms with van der Waals surface area (Å²) in [6.45, 7) is -0.419. The number of rotatable bonds is 9. The summed E-state index contributed by atoms with van der Waals surface area (Å²) in [5.74, 6) is -8.14. The van der Waals surface area contributed by atoms with Crippen LogP contribution in [0.15, 0.2) is 40.0 Å². The minimum Gasteiger partial charge on any atom is -0.479 e. The van der Waals surface area contributed by atoms with Crippen LogP contribution in [0.2, 0.25) is 5.02 Å². The number of nitrogens with zero attached hydrogens (tertiary/aromatic N) is 4. The van der Waals surface area contributed by atoms with Gasteiger partial charge in [0.25, 0.3) is 5.92 Å². The Labute approximate surface area is 251 Å². The van der Waals surface area contributed by atoms with Gasteiger partial charge in [-0.2, -0.15) is 5.06 Å². The largest absolute Gasteiger partial charge is 0.479 e. The average molecular weight is 648 g/mol. The highest BCUT2D eigenvalue weighted by Gasteiger charge is 2.61. The van der Waals surface area contributed by atoms with Crippen molar-refractivity contribution in [2.45, 2.75) is 43.0 Å². The van der Waals surface area contributed by atoms with Crippen molar-refractivity contribution < 1.29 is 46.9 Å². The van der Waals surface area contributed by atoms with Crippen LogP contribution in [0.5, 0.6) is 0 Å². The molecular formula is C26H26ClF4N5O6S. The molecule has 4 atom stereocenters. The number of halogens is 5. The maximum absolute atomic E-state index is 15.4. The summed E-state index contributed by atoms with van der Waals surface area (Å²) >= 11 is 7.35. The van der Waals surface area contributed by atoms with E-state index in [-0.39, 0.29) is 48.8 Å². The van der Waals surface area contributed by atoms with Gasteiger partial charge in [-0.05, 0) is 13.0 Å². The number of hydroxylamine groups is 2. The van der Waals surface area contributed by atoms with Crippen molar-refractivity contribution in [2.24, 2.45) is 4.99 Å². The monoisotopic (exact) mass is 647 g/mol. The number of carbonyl (C=O) groups is 2. The van der Waals surface area contributed by atoms with E-state index in [4.69, 9.17) is 21.2 Å². The number of benzene rings is 1. The summed E-state index contributed by atoms with van der Waals surface area (Å²) in [5.41, 5.74) is -2.26. The van der Waals surface area contributed by atoms with Crippen LogP contribution in [-0.2, 0) is 19.2 Å². The number of aliphatic carboxylic acids is 1. The van der Waals surface area contributed by atoms with Gasteiger partial charge >= 0.3 is 11.9 Å². The van der Waals surface area contributed by atoms with Gasteiger partial charge in [-0.25, -0.2) is 32.1 Å². The van der Waals surface area contributed by atoms with Gasteiger partial charge in [-0.15, -0.1) is 11.3 Å². The molecule has 1 aromatic heterocycles. The third kappa shape index (κ3) is 5.86. The number of carboxylic acids is 1. The fourth-order valence-corrected chi connectivity index (χ4v) is 6.17. The van der Waals surface area contributed by atoms with Crippen molar-refractivity contribution >= 4 is 40.7 Å². The predicted octanol–water partition coefficient (Wildman–Crippen LogP) is 2.75. The summed E-state index contributed by atoms with van der Waals surface area (Å²) in [7, 11) is 1.10. The first-order valence-electron chi connectivity index (χ1n) is 12.9. The molecule has 0 bridgehead atoms. The highest BCUT2D eigenvalue weighted by molar-refractivity contribution is 7.11. The van der Waals surface area contributed by atoms with E-state index >= 15 is 8.78 Å². The molecule has 232 valence electrons. The number of hydrogen-bond acceptors (Lipinski definition) is 11. The van der Waals surface area contributed by atoms with E-state index in [1.54, 1.807) is 5.38 Å². The molecule has 3 aliphatic heterocycles. The molecule has 0 radical (unpaired) electrons. The van der Waals surface area contributed by atoms with Gasteiger partial charge in [0.05, 0.1) is 36.9 Å². The first kappa shape index (κ1) is 31.3. The molecule has 5 rings (SSSR count). The second-order valence-electron chi connectivity index (χ2n) is 10.4. The number of likely N-dealkylation sites (tertiary alicyclic amines) is 1. The Bertz CT molecular complexity index is 1490. The second-order valence-corrected chi connectivity index (χ2v) is 11.7. The predicted molar refractivity (Wildman–Crippen MR) is 145 cm³/mol. The molecular weight excluding hydrogens is 622 g/mol. The first-order valence-corrected chi connectivity index (χ1v) is 14.2. The zero-order valence-corrected chi connectivity index (χ0v) is 24.3. The van der Waals surface area contributed by atoms with Crippen LogP contribution in [0.25, 0.3) is 0 Å². The molecule has 1 aromatic carbocycles. The minimum absolute atomic E-state index is 0.0560. The van der Waals surface area contributed by atoms with E-state index in [0.717, 1.165) is 25.2 Å². The van der Waals surface area contributed by atoms with Gasteiger partial charge in [0.1, 0.15) is 12.1 Å². The van der Waals surface area contributed by atoms with Gasteiger partial charge in [-0.1, -0.05) is 17.7 Å². The number of nitrogens with one attached hydrogen (secondary N) is 1. The Hall–Kier alpha value is -3.15. The van der Waals surface area contributed by atoms with Gasteiger partial charge in [0.15, 0.2) is 28.1 Å². The number of aromatic nitrogens is 1. The summed E-state index contributed by atoms with van der Waals surface area (Å²) in [6, 6.07) is -1.67. The van der Waals surface area contributed by atoms with E-state index in [2.05, 4.69) is 15.3 Å². The Morgan fingerprint density at radius 2 is 2.09 bits per heavy atom. The van der Waals surface area contributed by atoms with E-state index in [1.807, 2.05) is 0 Å². The lowest BCUT2D eigenvalue weighted by Gasteiger charge is -2.30. The zero-order valence-electron chi connectivity index (χ0n) is 22.7. The number of carboxylic acid groups (broad SMARTS) is 1. The number of aliphatic imine (C=N–C) groups is 1. The molecule has 2 saturated heterocycles. The Morgan fingerprint density at radius 3 is 2.74 bits per heavy atom. The fourth-order valence-electron chi connectivity index (χ4n) is 5.33. The van der Waals surface area contributed by atoms with Crippen molar-refractivity contribution in [3.8, 4) is 0 Å². The molecule has 0 amide bonds. The Kier molecular flexibility index (Phi) is 8.54. The molecule has 3 aliphatic rings. The minimum atomic E-state index is -3.33. The van der Waals surface area contributed by atoms with Crippen LogP contribution in [0.3, 0.4) is 0 Å². The lowest BCUT2D eigenvalue weighted by Crippen LogP contribution is -2.47. The number of esters is 1. The van der Waals surface area contributed by atoms with Gasteiger partial charge in [0.2, 0.25) is 0 Å². The molecule has 0 aliphatic carbocycles. The maximum Gasteiger partial charge on any atom is 0.338 e. The van der Waals surface area contributed by atoms with Crippen LogP contribution in [-0.4, -0.2) is 99.9 Å². The van der Waals surface area contributed by atoms with Gasteiger partial charge in [-0.3, -0.25) is 14.7 Å². The Balaban J connectivity index is 1.51. The standard InChI is InChI=1S/C26H26ClF4N5O6S/c1-25(40,24(38)39)5-7-36-20-15(10-42-36)35(11-26(20,30)31)9-14-16(23(37)41-2)19(12-3-4-13(28)18(29)17(12)27)34-21(33-14)22-32-6-8-43-22/h3-4,6,8,15,19-20,40H,5,7,9-11H2,1-2H3,(H,33,34)(H,38,39)/t15-,19+,20+,25-/m1/s1. The topological polar surface area (TPSA) is 137 Å². The molecule has 17 heteroatoms.